The normalized spacial score (nSPS) is 13.8. The first-order valence-corrected chi connectivity index (χ1v) is 11.1. The van der Waals surface area contributed by atoms with Crippen LogP contribution in [0.25, 0.3) is 0 Å². The average molecular weight is 502 g/mol. The van der Waals surface area contributed by atoms with Gasteiger partial charge in [-0.3, -0.25) is 9.48 Å². The highest BCUT2D eigenvalue weighted by Crippen LogP contribution is 2.46. The minimum atomic E-state index is -4.60. The van der Waals surface area contributed by atoms with Crippen molar-refractivity contribution in [2.45, 2.75) is 44.5 Å². The van der Waals surface area contributed by atoms with Crippen molar-refractivity contribution in [2.24, 2.45) is 0 Å². The summed E-state index contributed by atoms with van der Waals surface area (Å²) in [6, 6.07) is 10.1. The summed E-state index contributed by atoms with van der Waals surface area (Å²) in [6.45, 7) is 0.535. The van der Waals surface area contributed by atoms with E-state index >= 15 is 0 Å². The Bertz CT molecular complexity index is 1140. The van der Waals surface area contributed by atoms with Crippen molar-refractivity contribution in [3.63, 3.8) is 0 Å². The van der Waals surface area contributed by atoms with E-state index in [1.165, 1.54) is 10.7 Å². The Morgan fingerprint density at radius 1 is 1.21 bits per heavy atom. The molecular weight excluding hydrogens is 482 g/mol. The Morgan fingerprint density at radius 2 is 1.97 bits per heavy atom. The van der Waals surface area contributed by atoms with Crippen LogP contribution in [0, 0.1) is 0 Å². The number of carbonyl (C=O) groups is 1. The highest BCUT2D eigenvalue weighted by molar-refractivity contribution is 6.32. The van der Waals surface area contributed by atoms with Gasteiger partial charge in [0.05, 0.1) is 15.7 Å². The summed E-state index contributed by atoms with van der Waals surface area (Å²) in [5.41, 5.74) is -0.637. The van der Waals surface area contributed by atoms with Gasteiger partial charge in [0.1, 0.15) is 18.1 Å². The number of benzene rings is 1. The number of hydrogen-bond donors (Lipinski definition) is 1. The number of furan rings is 1. The summed E-state index contributed by atoms with van der Waals surface area (Å²) in [4.78, 5) is 12.3. The van der Waals surface area contributed by atoms with Crippen LogP contribution in [0.3, 0.4) is 0 Å². The smallest absolute Gasteiger partial charge is 0.436 e. The SMILES string of the molecule is O=C(NCCCn1nc(C(F)(F)F)c(Cl)c1C1CC1)c1ccc(COc2ccccc2Cl)o1. The van der Waals surface area contributed by atoms with Gasteiger partial charge < -0.3 is 14.5 Å². The molecule has 0 unspecified atom stereocenters. The Balaban J connectivity index is 1.28. The topological polar surface area (TPSA) is 69.3 Å². The first-order valence-electron chi connectivity index (χ1n) is 10.3. The summed E-state index contributed by atoms with van der Waals surface area (Å²) in [5.74, 6) is 0.619. The molecule has 0 aliphatic heterocycles. The molecule has 1 N–H and O–H groups in total. The number of alkyl halides is 3. The van der Waals surface area contributed by atoms with Crippen molar-refractivity contribution in [3.05, 3.63) is 69.4 Å². The Morgan fingerprint density at radius 3 is 2.67 bits per heavy atom. The van der Waals surface area contributed by atoms with Crippen LogP contribution in [0.15, 0.2) is 40.8 Å². The predicted octanol–water partition coefficient (Wildman–Crippen LogP) is 6.08. The van der Waals surface area contributed by atoms with Crippen molar-refractivity contribution in [3.8, 4) is 5.75 Å². The van der Waals surface area contributed by atoms with E-state index in [2.05, 4.69) is 10.4 Å². The number of ether oxygens (including phenoxy) is 1. The number of halogens is 5. The van der Waals surface area contributed by atoms with Crippen LogP contribution in [-0.4, -0.2) is 22.2 Å². The maximum atomic E-state index is 13.1. The molecule has 1 aromatic carbocycles. The average Bonchev–Trinajstić information content (AvgIpc) is 3.37. The van der Waals surface area contributed by atoms with Crippen molar-refractivity contribution in [2.75, 3.05) is 6.54 Å². The Hall–Kier alpha value is -2.65. The number of hydrogen-bond acceptors (Lipinski definition) is 4. The predicted molar refractivity (Wildman–Crippen MR) is 116 cm³/mol. The summed E-state index contributed by atoms with van der Waals surface area (Å²) in [7, 11) is 0. The zero-order valence-corrected chi connectivity index (χ0v) is 18.8. The largest absolute Gasteiger partial charge is 0.484 e. The van der Waals surface area contributed by atoms with Gasteiger partial charge in [0.25, 0.3) is 5.91 Å². The molecule has 0 bridgehead atoms. The van der Waals surface area contributed by atoms with Gasteiger partial charge in [-0.05, 0) is 43.5 Å². The second-order valence-electron chi connectivity index (χ2n) is 7.64. The van der Waals surface area contributed by atoms with Crippen molar-refractivity contribution in [1.82, 2.24) is 15.1 Å². The Labute approximate surface area is 197 Å². The maximum Gasteiger partial charge on any atom is 0.436 e. The molecule has 1 fully saturated rings. The molecule has 33 heavy (non-hydrogen) atoms. The number of nitrogens with one attached hydrogen (secondary N) is 1. The molecule has 2 heterocycles. The number of aromatic nitrogens is 2. The van der Waals surface area contributed by atoms with E-state index in [0.717, 1.165) is 12.8 Å². The molecule has 0 spiro atoms. The van der Waals surface area contributed by atoms with E-state index in [1.54, 1.807) is 30.3 Å². The highest BCUT2D eigenvalue weighted by atomic mass is 35.5. The van der Waals surface area contributed by atoms with Gasteiger partial charge in [0.2, 0.25) is 0 Å². The first kappa shape index (κ1) is 23.5. The van der Waals surface area contributed by atoms with E-state index in [0.29, 0.717) is 28.6 Å². The molecule has 1 aliphatic rings. The van der Waals surface area contributed by atoms with E-state index in [4.69, 9.17) is 32.4 Å². The summed E-state index contributed by atoms with van der Waals surface area (Å²) < 4.78 is 51.8. The van der Waals surface area contributed by atoms with Gasteiger partial charge in [-0.1, -0.05) is 35.3 Å². The molecule has 3 aromatic rings. The summed E-state index contributed by atoms with van der Waals surface area (Å²) in [6.07, 6.45) is -2.64. The summed E-state index contributed by atoms with van der Waals surface area (Å²) in [5, 5.41) is 6.51. The van der Waals surface area contributed by atoms with Crippen molar-refractivity contribution in [1.29, 1.82) is 0 Å². The van der Waals surface area contributed by atoms with Gasteiger partial charge in [-0.15, -0.1) is 0 Å². The molecule has 1 saturated carbocycles. The molecule has 4 rings (SSSR count). The number of para-hydroxylation sites is 1. The molecule has 0 radical (unpaired) electrons. The fourth-order valence-corrected chi connectivity index (χ4v) is 3.94. The molecule has 1 amide bonds. The quantitative estimate of drug-likeness (QED) is 0.361. The lowest BCUT2D eigenvalue weighted by Crippen LogP contribution is -2.25. The number of amides is 1. The standard InChI is InChI=1S/C22H20Cl2F3N3O3/c23-15-4-1-2-5-16(15)32-12-14-8-9-17(33-14)21(31)28-10-3-11-30-19(13-6-7-13)18(24)20(29-30)22(25,26)27/h1-2,4-5,8-9,13H,3,6-7,10-12H2,(H,28,31). The third-order valence-corrected chi connectivity index (χ3v) is 5.77. The minimum Gasteiger partial charge on any atom is -0.484 e. The molecule has 1 aliphatic carbocycles. The number of nitrogens with zero attached hydrogens (tertiary/aromatic N) is 2. The second kappa shape index (κ2) is 9.69. The molecule has 2 aromatic heterocycles. The van der Waals surface area contributed by atoms with E-state index in [9.17, 15) is 18.0 Å². The zero-order valence-electron chi connectivity index (χ0n) is 17.3. The molecule has 11 heteroatoms. The molecule has 176 valence electrons. The van der Waals surface area contributed by atoms with Gasteiger partial charge in [-0.25, -0.2) is 0 Å². The third kappa shape index (κ3) is 5.65. The lowest BCUT2D eigenvalue weighted by atomic mass is 10.2. The van der Waals surface area contributed by atoms with Crippen LogP contribution in [-0.2, 0) is 19.3 Å². The molecule has 0 atom stereocenters. The van der Waals surface area contributed by atoms with Crippen LogP contribution < -0.4 is 10.1 Å². The lowest BCUT2D eigenvalue weighted by molar-refractivity contribution is -0.141. The van der Waals surface area contributed by atoms with E-state index < -0.39 is 17.8 Å². The van der Waals surface area contributed by atoms with Crippen LogP contribution in [0.1, 0.15) is 52.9 Å². The number of rotatable bonds is 9. The zero-order chi connectivity index (χ0) is 23.6. The van der Waals surface area contributed by atoms with Gasteiger partial charge in [-0.2, -0.15) is 18.3 Å². The van der Waals surface area contributed by atoms with Crippen LogP contribution in [0.2, 0.25) is 10.0 Å². The van der Waals surface area contributed by atoms with E-state index in [-0.39, 0.29) is 36.4 Å². The maximum absolute atomic E-state index is 13.1. The lowest BCUT2D eigenvalue weighted by Gasteiger charge is -2.08. The second-order valence-corrected chi connectivity index (χ2v) is 8.42. The monoisotopic (exact) mass is 501 g/mol. The summed E-state index contributed by atoms with van der Waals surface area (Å²) >= 11 is 12.0. The first-order chi connectivity index (χ1) is 15.7. The van der Waals surface area contributed by atoms with Crippen molar-refractivity contribution >= 4 is 29.1 Å². The van der Waals surface area contributed by atoms with Crippen molar-refractivity contribution < 1.29 is 27.1 Å². The highest BCUT2D eigenvalue weighted by Gasteiger charge is 2.41. The number of carbonyl (C=O) groups excluding carboxylic acids is 1. The van der Waals surface area contributed by atoms with Gasteiger partial charge >= 0.3 is 6.18 Å². The number of aryl methyl sites for hydroxylation is 1. The molecule has 0 saturated heterocycles. The van der Waals surface area contributed by atoms with Gasteiger partial charge in [0.15, 0.2) is 11.5 Å². The Kier molecular flexibility index (Phi) is 6.90. The molecular formula is C22H20Cl2F3N3O3. The minimum absolute atomic E-state index is 0.00483. The molecule has 6 nitrogen and oxygen atoms in total. The third-order valence-electron chi connectivity index (χ3n) is 5.09. The van der Waals surface area contributed by atoms with Gasteiger partial charge in [0, 0.05) is 19.0 Å². The fourth-order valence-electron chi connectivity index (χ4n) is 3.36. The van der Waals surface area contributed by atoms with E-state index in [1.807, 2.05) is 0 Å². The fraction of sp³-hybridized carbons (Fsp3) is 0.364. The van der Waals surface area contributed by atoms with Crippen LogP contribution >= 0.6 is 23.2 Å². The van der Waals surface area contributed by atoms with Crippen LogP contribution in [0.4, 0.5) is 13.2 Å². The van der Waals surface area contributed by atoms with Crippen LogP contribution in [0.5, 0.6) is 5.75 Å².